The molecule has 3 aliphatic rings. The molecule has 8 nitrogen and oxygen atoms in total. The van der Waals surface area contributed by atoms with Gasteiger partial charge in [-0.25, -0.2) is 0 Å². The van der Waals surface area contributed by atoms with Crippen molar-refractivity contribution in [1.82, 2.24) is 15.6 Å². The molecule has 3 heterocycles. The normalized spacial score (nSPS) is 18.2. The Kier molecular flexibility index (Phi) is 9.90. The highest BCUT2D eigenvalue weighted by molar-refractivity contribution is 6.76. The molecule has 0 amide bonds. The molecule has 0 atom stereocenters. The summed E-state index contributed by atoms with van der Waals surface area (Å²) in [5.41, 5.74) is 8.10. The summed E-state index contributed by atoms with van der Waals surface area (Å²) in [6, 6.07) is 15.5. The molecule has 1 saturated heterocycles. The number of hydrogen-bond acceptors (Lipinski definition) is 8. The number of ether oxygens (including phenoxy) is 2. The topological polar surface area (TPSA) is 66.2 Å². The van der Waals surface area contributed by atoms with Gasteiger partial charge in [0.1, 0.15) is 18.2 Å². The van der Waals surface area contributed by atoms with Gasteiger partial charge in [-0.3, -0.25) is 0 Å². The molecule has 236 valence electrons. The van der Waals surface area contributed by atoms with Crippen LogP contribution in [0.15, 0.2) is 59.4 Å². The zero-order chi connectivity index (χ0) is 30.7. The predicted molar refractivity (Wildman–Crippen MR) is 181 cm³/mol. The third-order valence-corrected chi connectivity index (χ3v) is 10.8. The van der Waals surface area contributed by atoms with Gasteiger partial charge in [0.25, 0.3) is 0 Å². The second-order valence-electron chi connectivity index (χ2n) is 13.2. The quantitative estimate of drug-likeness (QED) is 0.155. The number of hydrogen-bond donors (Lipinski definition) is 1. The smallest absolute Gasteiger partial charge is 0.145 e. The summed E-state index contributed by atoms with van der Waals surface area (Å²) in [7, 11) is -1.08. The summed E-state index contributed by atoms with van der Waals surface area (Å²) in [5, 5.41) is 7.63. The summed E-state index contributed by atoms with van der Waals surface area (Å²) >= 11 is 13.1. The highest BCUT2D eigenvalue weighted by Gasteiger charge is 2.34. The third kappa shape index (κ3) is 7.81. The lowest BCUT2D eigenvalue weighted by Crippen LogP contribution is -2.47. The van der Waals surface area contributed by atoms with Crippen molar-refractivity contribution in [2.24, 2.45) is 0 Å². The van der Waals surface area contributed by atoms with E-state index in [0.29, 0.717) is 35.0 Å². The minimum Gasteiger partial charge on any atom is -0.373 e. The molecular weight excluding hydrogens is 613 g/mol. The Labute approximate surface area is 271 Å². The van der Waals surface area contributed by atoms with Gasteiger partial charge in [-0.2, -0.15) is 5.01 Å². The van der Waals surface area contributed by atoms with E-state index in [9.17, 15) is 0 Å². The Morgan fingerprint density at radius 1 is 0.977 bits per heavy atom. The maximum atomic E-state index is 6.53. The first-order valence-electron chi connectivity index (χ1n) is 15.7. The molecule has 1 saturated carbocycles. The second kappa shape index (κ2) is 13.8. The average molecular weight is 657 g/mol. The Morgan fingerprint density at radius 3 is 2.36 bits per heavy atom. The first-order chi connectivity index (χ1) is 21.2. The van der Waals surface area contributed by atoms with Crippen molar-refractivity contribution in [1.29, 1.82) is 0 Å². The predicted octanol–water partition coefficient (Wildman–Crippen LogP) is 8.08. The molecule has 0 spiro atoms. The fourth-order valence-electron chi connectivity index (χ4n) is 5.68. The lowest BCUT2D eigenvalue weighted by molar-refractivity contribution is 0.0131. The van der Waals surface area contributed by atoms with Crippen LogP contribution in [0.4, 0.5) is 11.4 Å². The van der Waals surface area contributed by atoms with Crippen molar-refractivity contribution in [2.45, 2.75) is 70.0 Å². The fraction of sp³-hybridized carbons (Fsp3) is 0.485. The molecule has 0 radical (unpaired) electrons. The van der Waals surface area contributed by atoms with Gasteiger partial charge in [0.2, 0.25) is 0 Å². The zero-order valence-corrected chi connectivity index (χ0v) is 28.4. The zero-order valence-electron chi connectivity index (χ0n) is 25.9. The van der Waals surface area contributed by atoms with Crippen LogP contribution in [0.2, 0.25) is 35.7 Å². The molecular formula is C33H43Cl2N5O3Si. The van der Waals surface area contributed by atoms with Gasteiger partial charge in [0, 0.05) is 68.6 Å². The number of benzene rings is 2. The lowest BCUT2D eigenvalue weighted by Gasteiger charge is -2.35. The molecule has 0 unspecified atom stereocenters. The number of anilines is 2. The van der Waals surface area contributed by atoms with Gasteiger partial charge in [-0.1, -0.05) is 54.1 Å². The Morgan fingerprint density at radius 2 is 1.68 bits per heavy atom. The molecule has 1 N–H and O–H groups in total. The van der Waals surface area contributed by atoms with Gasteiger partial charge < -0.3 is 29.2 Å². The van der Waals surface area contributed by atoms with Crippen LogP contribution in [-0.4, -0.2) is 57.4 Å². The van der Waals surface area contributed by atoms with Crippen molar-refractivity contribution in [3.05, 3.63) is 76.2 Å². The molecule has 0 bridgehead atoms. The molecule has 1 aliphatic carbocycles. The number of hydrazine groups is 1. The molecule has 2 aliphatic heterocycles. The maximum absolute atomic E-state index is 6.53. The van der Waals surface area contributed by atoms with Crippen molar-refractivity contribution in [2.75, 3.05) is 42.9 Å². The van der Waals surface area contributed by atoms with Gasteiger partial charge in [-0.15, -0.1) is 0 Å². The molecule has 2 aromatic carbocycles. The fourth-order valence-corrected chi connectivity index (χ4v) is 7.02. The summed E-state index contributed by atoms with van der Waals surface area (Å²) in [6.45, 7) is 11.6. The first kappa shape index (κ1) is 31.4. The van der Waals surface area contributed by atoms with Gasteiger partial charge in [0.15, 0.2) is 0 Å². The van der Waals surface area contributed by atoms with E-state index >= 15 is 0 Å². The number of nitrogens with zero attached hydrogens (tertiary/aromatic N) is 4. The molecule has 2 fully saturated rings. The largest absolute Gasteiger partial charge is 0.373 e. The summed E-state index contributed by atoms with van der Waals surface area (Å²) in [6.07, 6.45) is 8.36. The first-order valence-corrected chi connectivity index (χ1v) is 20.1. The third-order valence-electron chi connectivity index (χ3n) is 8.50. The number of piperidine rings is 1. The van der Waals surface area contributed by atoms with Crippen LogP contribution in [0.3, 0.4) is 0 Å². The standard InChI is InChI=1S/C33H43Cl2N5O3Si/c1-44(2,3)20-19-41-23-40-22-39(18-15-36-40)26-11-9-25(10-12-26)38-16-13-27(14-17-38)42-21-28-32(37-43-33(28)24-7-8-24)31-29(34)5-4-6-30(31)35/h4-6,9-12,15,18,24,27,36H,7-8,13-14,16-17,19-23H2,1-3H3. The van der Waals surface area contributed by atoms with E-state index in [1.165, 1.54) is 11.7 Å². The highest BCUT2D eigenvalue weighted by atomic mass is 35.5. The van der Waals surface area contributed by atoms with Crippen LogP contribution >= 0.6 is 23.2 Å². The number of halogens is 2. The van der Waals surface area contributed by atoms with E-state index in [4.69, 9.17) is 37.2 Å². The van der Waals surface area contributed by atoms with E-state index < -0.39 is 8.07 Å². The Balaban J connectivity index is 1.00. The van der Waals surface area contributed by atoms with Crippen molar-refractivity contribution in [3.63, 3.8) is 0 Å². The average Bonchev–Trinajstić information content (AvgIpc) is 3.78. The van der Waals surface area contributed by atoms with E-state index in [1.54, 1.807) is 0 Å². The summed E-state index contributed by atoms with van der Waals surface area (Å²) in [4.78, 5) is 4.67. The lowest BCUT2D eigenvalue weighted by atomic mass is 10.0. The van der Waals surface area contributed by atoms with Crippen LogP contribution in [0, 0.1) is 0 Å². The Bertz CT molecular complexity index is 1410. The van der Waals surface area contributed by atoms with E-state index in [-0.39, 0.29) is 6.10 Å². The highest BCUT2D eigenvalue weighted by Crippen LogP contribution is 2.46. The monoisotopic (exact) mass is 655 g/mol. The van der Waals surface area contributed by atoms with Gasteiger partial charge in [0.05, 0.1) is 29.4 Å². The van der Waals surface area contributed by atoms with Crippen LogP contribution in [0.25, 0.3) is 11.3 Å². The SMILES string of the molecule is C[Si](C)(C)CCOCN1CN(c2ccc(N3CCC(OCc4c(-c5c(Cl)cccc5Cl)noc4C4CC4)CC3)cc2)C=CN1. The van der Waals surface area contributed by atoms with E-state index in [0.717, 1.165) is 74.6 Å². The van der Waals surface area contributed by atoms with Crippen molar-refractivity contribution >= 4 is 42.7 Å². The van der Waals surface area contributed by atoms with Gasteiger partial charge >= 0.3 is 0 Å². The summed E-state index contributed by atoms with van der Waals surface area (Å²) < 4.78 is 18.2. The van der Waals surface area contributed by atoms with Crippen LogP contribution < -0.4 is 15.2 Å². The molecule has 11 heteroatoms. The van der Waals surface area contributed by atoms with Crippen molar-refractivity contribution in [3.8, 4) is 11.3 Å². The second-order valence-corrected chi connectivity index (χ2v) is 19.6. The minimum atomic E-state index is -1.08. The maximum Gasteiger partial charge on any atom is 0.145 e. The van der Waals surface area contributed by atoms with Crippen LogP contribution in [-0.2, 0) is 16.1 Å². The molecule has 44 heavy (non-hydrogen) atoms. The van der Waals surface area contributed by atoms with Gasteiger partial charge in [-0.05, 0) is 68.1 Å². The molecule has 3 aromatic rings. The summed E-state index contributed by atoms with van der Waals surface area (Å²) in [5.74, 6) is 1.33. The van der Waals surface area contributed by atoms with Crippen molar-refractivity contribution < 1.29 is 14.0 Å². The van der Waals surface area contributed by atoms with E-state index in [1.807, 2.05) is 24.4 Å². The molecule has 1 aromatic heterocycles. The molecule has 6 rings (SSSR count). The Hall–Kier alpha value is -2.53. The number of aromatic nitrogens is 1. The van der Waals surface area contributed by atoms with Crippen LogP contribution in [0.5, 0.6) is 0 Å². The minimum absolute atomic E-state index is 0.173. The number of rotatable bonds is 12. The van der Waals surface area contributed by atoms with Crippen LogP contribution in [0.1, 0.15) is 42.9 Å². The van der Waals surface area contributed by atoms with E-state index in [2.05, 4.69) is 75.5 Å². The number of nitrogens with one attached hydrogen (secondary N) is 1.